The molecule has 0 aliphatic rings. The Labute approximate surface area is 76.3 Å². The van der Waals surface area contributed by atoms with E-state index in [-0.39, 0.29) is 0 Å². The molecule has 0 aliphatic carbocycles. The molecule has 5 nitrogen and oxygen atoms in total. The summed E-state index contributed by atoms with van der Waals surface area (Å²) in [5.74, 6) is 4.29. The van der Waals surface area contributed by atoms with E-state index in [9.17, 15) is 0 Å². The second kappa shape index (κ2) is 5.84. The molecule has 13 heavy (non-hydrogen) atoms. The van der Waals surface area contributed by atoms with Gasteiger partial charge < -0.3 is 16.3 Å². The number of hydrogen-bond donors (Lipinski definition) is 4. The van der Waals surface area contributed by atoms with E-state index in [0.29, 0.717) is 5.69 Å². The van der Waals surface area contributed by atoms with Gasteiger partial charge in [-0.15, -0.1) is 0 Å². The molecule has 6 N–H and O–H groups in total. The first-order chi connectivity index (χ1) is 6.07. The lowest BCUT2D eigenvalue weighted by Crippen LogP contribution is -2.08. The third-order valence-corrected chi connectivity index (χ3v) is 1.12. The highest BCUT2D eigenvalue weighted by atomic mass is 16.4. The van der Waals surface area contributed by atoms with Crippen LogP contribution < -0.4 is 17.0 Å². The van der Waals surface area contributed by atoms with Crippen molar-refractivity contribution in [2.45, 2.75) is 6.92 Å². The van der Waals surface area contributed by atoms with Crippen molar-refractivity contribution < 1.29 is 9.90 Å². The van der Waals surface area contributed by atoms with E-state index >= 15 is 0 Å². The van der Waals surface area contributed by atoms with Gasteiger partial charge in [0.1, 0.15) is 0 Å². The smallest absolute Gasteiger partial charge is 0.300 e. The largest absolute Gasteiger partial charge is 0.481 e. The van der Waals surface area contributed by atoms with Gasteiger partial charge in [0.05, 0.1) is 11.4 Å². The second-order valence-electron chi connectivity index (χ2n) is 2.25. The van der Waals surface area contributed by atoms with Gasteiger partial charge in [0.25, 0.3) is 5.97 Å². The van der Waals surface area contributed by atoms with Crippen LogP contribution in [0.25, 0.3) is 0 Å². The number of para-hydroxylation sites is 2. The molecular formula is C8H13N3O2. The highest BCUT2D eigenvalue weighted by Gasteiger charge is 1.89. The van der Waals surface area contributed by atoms with Gasteiger partial charge in [-0.05, 0) is 12.1 Å². The van der Waals surface area contributed by atoms with Crippen molar-refractivity contribution >= 4 is 17.3 Å². The van der Waals surface area contributed by atoms with Crippen LogP contribution in [0.1, 0.15) is 6.92 Å². The first-order valence-electron chi connectivity index (χ1n) is 3.58. The fourth-order valence-electron chi connectivity index (χ4n) is 0.628. The molecular weight excluding hydrogens is 170 g/mol. The molecule has 72 valence electrons. The van der Waals surface area contributed by atoms with E-state index in [1.807, 2.05) is 18.2 Å². The van der Waals surface area contributed by atoms with Crippen LogP contribution >= 0.6 is 0 Å². The van der Waals surface area contributed by atoms with Gasteiger partial charge in [-0.25, -0.2) is 0 Å². The molecule has 0 saturated heterocycles. The van der Waals surface area contributed by atoms with Gasteiger partial charge in [0.15, 0.2) is 0 Å². The number of hydrogen-bond acceptors (Lipinski definition) is 4. The Morgan fingerprint density at radius 1 is 1.46 bits per heavy atom. The van der Waals surface area contributed by atoms with Crippen molar-refractivity contribution in [3.8, 4) is 0 Å². The number of carboxylic acid groups (broad SMARTS) is 1. The molecule has 1 aromatic carbocycles. The van der Waals surface area contributed by atoms with Crippen LogP contribution in [0, 0.1) is 0 Å². The van der Waals surface area contributed by atoms with E-state index in [1.54, 1.807) is 6.07 Å². The van der Waals surface area contributed by atoms with E-state index in [4.69, 9.17) is 21.5 Å². The minimum Gasteiger partial charge on any atom is -0.481 e. The SMILES string of the molecule is CC(=O)O.NNc1ccccc1N. The van der Waals surface area contributed by atoms with E-state index in [1.165, 1.54) is 0 Å². The van der Waals surface area contributed by atoms with Crippen LogP contribution in [0.2, 0.25) is 0 Å². The van der Waals surface area contributed by atoms with E-state index in [2.05, 4.69) is 5.43 Å². The predicted octanol–water partition coefficient (Wildman–Crippen LogP) is 0.645. The Balaban J connectivity index is 0.000000310. The Kier molecular flexibility index (Phi) is 5.06. The van der Waals surface area contributed by atoms with Crippen LogP contribution in [0.3, 0.4) is 0 Å². The lowest BCUT2D eigenvalue weighted by atomic mass is 10.3. The molecule has 0 saturated carbocycles. The van der Waals surface area contributed by atoms with Crippen molar-refractivity contribution in [1.82, 2.24) is 0 Å². The maximum Gasteiger partial charge on any atom is 0.300 e. The van der Waals surface area contributed by atoms with Gasteiger partial charge >= 0.3 is 0 Å². The number of nitrogen functional groups attached to an aromatic ring is 2. The highest BCUT2D eigenvalue weighted by molar-refractivity contribution is 5.64. The Morgan fingerprint density at radius 2 is 1.92 bits per heavy atom. The lowest BCUT2D eigenvalue weighted by Gasteiger charge is -2.00. The topological polar surface area (TPSA) is 101 Å². The summed E-state index contributed by atoms with van der Waals surface area (Å²) in [6.45, 7) is 1.08. The quantitative estimate of drug-likeness (QED) is 0.291. The van der Waals surface area contributed by atoms with Crippen LogP contribution in [0.15, 0.2) is 24.3 Å². The Hall–Kier alpha value is -1.75. The number of carbonyl (C=O) groups is 1. The molecule has 0 unspecified atom stereocenters. The zero-order valence-electron chi connectivity index (χ0n) is 7.32. The molecule has 0 spiro atoms. The molecule has 0 aliphatic heterocycles. The van der Waals surface area contributed by atoms with Crippen LogP contribution in [0.5, 0.6) is 0 Å². The van der Waals surface area contributed by atoms with Crippen molar-refractivity contribution in [1.29, 1.82) is 0 Å². The highest BCUT2D eigenvalue weighted by Crippen LogP contribution is 2.13. The average Bonchev–Trinajstić information content (AvgIpc) is 2.04. The fraction of sp³-hybridized carbons (Fsp3) is 0.125. The van der Waals surface area contributed by atoms with Gasteiger partial charge in [-0.1, -0.05) is 12.1 Å². The minimum absolute atomic E-state index is 0.667. The van der Waals surface area contributed by atoms with Gasteiger partial charge in [-0.2, -0.15) is 0 Å². The number of hydrazine groups is 1. The third kappa shape index (κ3) is 5.51. The summed E-state index contributed by atoms with van der Waals surface area (Å²) in [5.41, 5.74) is 9.39. The van der Waals surface area contributed by atoms with Gasteiger partial charge in [0, 0.05) is 6.92 Å². The third-order valence-electron chi connectivity index (χ3n) is 1.12. The summed E-state index contributed by atoms with van der Waals surface area (Å²) in [7, 11) is 0. The van der Waals surface area contributed by atoms with Crippen molar-refractivity contribution in [2.24, 2.45) is 5.84 Å². The van der Waals surface area contributed by atoms with Crippen molar-refractivity contribution in [2.75, 3.05) is 11.2 Å². The summed E-state index contributed by atoms with van der Waals surface area (Å²) in [4.78, 5) is 9.00. The zero-order valence-corrected chi connectivity index (χ0v) is 7.32. The molecule has 0 radical (unpaired) electrons. The normalized spacial score (nSPS) is 8.15. The number of benzene rings is 1. The van der Waals surface area contributed by atoms with E-state index in [0.717, 1.165) is 12.6 Å². The first kappa shape index (κ1) is 11.2. The molecule has 1 rings (SSSR count). The summed E-state index contributed by atoms with van der Waals surface area (Å²) in [6.07, 6.45) is 0. The standard InChI is InChI=1S/C6H9N3.C2H4O2/c7-5-3-1-2-4-6(5)9-8;1-2(3)4/h1-4,9H,7-8H2;1H3,(H,3,4). The van der Waals surface area contributed by atoms with E-state index < -0.39 is 5.97 Å². The minimum atomic E-state index is -0.833. The maximum atomic E-state index is 9.00. The summed E-state index contributed by atoms with van der Waals surface area (Å²) < 4.78 is 0. The summed E-state index contributed by atoms with van der Waals surface area (Å²) in [5, 5.41) is 7.42. The molecule has 0 amide bonds. The zero-order chi connectivity index (χ0) is 10.3. The van der Waals surface area contributed by atoms with Crippen LogP contribution in [-0.2, 0) is 4.79 Å². The number of carboxylic acids is 1. The number of nitrogens with one attached hydrogen (secondary N) is 1. The fourth-order valence-corrected chi connectivity index (χ4v) is 0.628. The van der Waals surface area contributed by atoms with Gasteiger partial charge in [-0.3, -0.25) is 10.6 Å². The Morgan fingerprint density at radius 3 is 2.23 bits per heavy atom. The van der Waals surface area contributed by atoms with Crippen LogP contribution in [0.4, 0.5) is 11.4 Å². The molecule has 0 fully saturated rings. The molecule has 1 aromatic rings. The predicted molar refractivity (Wildman–Crippen MR) is 52.0 cm³/mol. The van der Waals surface area contributed by atoms with Crippen LogP contribution in [-0.4, -0.2) is 11.1 Å². The first-order valence-corrected chi connectivity index (χ1v) is 3.58. The average molecular weight is 183 g/mol. The molecule has 0 heterocycles. The number of rotatable bonds is 1. The number of nitrogens with two attached hydrogens (primary N) is 2. The molecule has 0 aromatic heterocycles. The molecule has 5 heteroatoms. The second-order valence-corrected chi connectivity index (χ2v) is 2.25. The molecule has 0 atom stereocenters. The van der Waals surface area contributed by atoms with Gasteiger partial charge in [0.2, 0.25) is 0 Å². The van der Waals surface area contributed by atoms with Crippen molar-refractivity contribution in [3.05, 3.63) is 24.3 Å². The molecule has 0 bridgehead atoms. The Bertz CT molecular complexity index is 272. The number of anilines is 2. The summed E-state index contributed by atoms with van der Waals surface area (Å²) in [6, 6.07) is 7.33. The number of aliphatic carboxylic acids is 1. The monoisotopic (exact) mass is 183 g/mol. The van der Waals surface area contributed by atoms with Crippen molar-refractivity contribution in [3.63, 3.8) is 0 Å². The lowest BCUT2D eigenvalue weighted by molar-refractivity contribution is -0.134. The maximum absolute atomic E-state index is 9.00. The summed E-state index contributed by atoms with van der Waals surface area (Å²) >= 11 is 0.